The van der Waals surface area contributed by atoms with Gasteiger partial charge < -0.3 is 10.6 Å². The number of amides is 1. The Morgan fingerprint density at radius 2 is 2.30 bits per heavy atom. The summed E-state index contributed by atoms with van der Waals surface area (Å²) in [5.41, 5.74) is 1.40. The average molecular weight is 354 g/mol. The number of hydrogen-bond acceptors (Lipinski definition) is 4. The van der Waals surface area contributed by atoms with E-state index in [1.165, 1.54) is 0 Å². The molecule has 2 aromatic heterocycles. The molecule has 0 aliphatic rings. The largest absolute Gasteiger partial charge is 0.384 e. The third-order valence-electron chi connectivity index (χ3n) is 2.73. The van der Waals surface area contributed by atoms with Crippen molar-refractivity contribution in [3.05, 3.63) is 44.8 Å². The summed E-state index contributed by atoms with van der Waals surface area (Å²) in [5, 5.41) is 8.15. The molecule has 2 rings (SSSR count). The smallest absolute Gasteiger partial charge is 0.255 e. The molecule has 0 fully saturated rings. The molecule has 0 atom stereocenters. The lowest BCUT2D eigenvalue weighted by Gasteiger charge is -2.10. The van der Waals surface area contributed by atoms with Crippen molar-refractivity contribution in [1.82, 2.24) is 10.3 Å². The van der Waals surface area contributed by atoms with Crippen molar-refractivity contribution in [1.29, 1.82) is 0 Å². The average Bonchev–Trinajstić information content (AvgIpc) is 2.88. The molecule has 2 aromatic rings. The van der Waals surface area contributed by atoms with Gasteiger partial charge in [-0.1, -0.05) is 6.92 Å². The Hall–Kier alpha value is -1.40. The molecule has 2 N–H and O–H groups in total. The molecule has 0 bridgehead atoms. The summed E-state index contributed by atoms with van der Waals surface area (Å²) in [5.74, 6) is -0.114. The van der Waals surface area contributed by atoms with Crippen molar-refractivity contribution in [2.45, 2.75) is 19.9 Å². The lowest BCUT2D eigenvalue weighted by Crippen LogP contribution is -2.24. The zero-order chi connectivity index (χ0) is 14.4. The standard InChI is InChI=1S/C14H16BrN3OS/c1-2-5-17-12-3-6-16-8-10(12)14(19)18-9-13-11(15)4-7-20-13/h3-4,6-8H,2,5,9H2,1H3,(H,16,17)(H,18,19). The topological polar surface area (TPSA) is 54.0 Å². The van der Waals surface area contributed by atoms with E-state index in [2.05, 4.69) is 38.5 Å². The minimum Gasteiger partial charge on any atom is -0.384 e. The number of halogens is 1. The molecule has 0 aromatic carbocycles. The minimum absolute atomic E-state index is 0.114. The maximum Gasteiger partial charge on any atom is 0.255 e. The van der Waals surface area contributed by atoms with Crippen LogP contribution in [-0.2, 0) is 6.54 Å². The first-order valence-electron chi connectivity index (χ1n) is 6.40. The van der Waals surface area contributed by atoms with Crippen LogP contribution in [0.2, 0.25) is 0 Å². The molecule has 4 nitrogen and oxygen atoms in total. The van der Waals surface area contributed by atoms with Gasteiger partial charge in [-0.15, -0.1) is 11.3 Å². The fraction of sp³-hybridized carbons (Fsp3) is 0.286. The number of carbonyl (C=O) groups excluding carboxylic acids is 1. The molecular weight excluding hydrogens is 338 g/mol. The van der Waals surface area contributed by atoms with Crippen LogP contribution in [0, 0.1) is 0 Å². The minimum atomic E-state index is -0.114. The Morgan fingerprint density at radius 3 is 3.00 bits per heavy atom. The predicted molar refractivity (Wildman–Crippen MR) is 86.2 cm³/mol. The van der Waals surface area contributed by atoms with E-state index in [1.54, 1.807) is 23.7 Å². The lowest BCUT2D eigenvalue weighted by atomic mass is 10.2. The zero-order valence-electron chi connectivity index (χ0n) is 11.1. The fourth-order valence-electron chi connectivity index (χ4n) is 1.70. The first-order chi connectivity index (χ1) is 9.72. The van der Waals surface area contributed by atoms with Crippen LogP contribution in [0.3, 0.4) is 0 Å². The number of carbonyl (C=O) groups is 1. The summed E-state index contributed by atoms with van der Waals surface area (Å²) in [4.78, 5) is 17.4. The predicted octanol–water partition coefficient (Wildman–Crippen LogP) is 3.66. The van der Waals surface area contributed by atoms with Crippen LogP contribution in [-0.4, -0.2) is 17.4 Å². The molecule has 0 saturated carbocycles. The van der Waals surface area contributed by atoms with Gasteiger partial charge in [-0.2, -0.15) is 0 Å². The molecule has 0 spiro atoms. The Kier molecular flexibility index (Phi) is 5.55. The van der Waals surface area contributed by atoms with Gasteiger partial charge in [0.25, 0.3) is 5.91 Å². The highest BCUT2D eigenvalue weighted by Gasteiger charge is 2.12. The quantitative estimate of drug-likeness (QED) is 0.833. The Balaban J connectivity index is 2.03. The Morgan fingerprint density at radius 1 is 1.45 bits per heavy atom. The molecule has 2 heterocycles. The van der Waals surface area contributed by atoms with Crippen molar-refractivity contribution >= 4 is 38.9 Å². The number of aromatic nitrogens is 1. The van der Waals surface area contributed by atoms with Crippen LogP contribution in [0.25, 0.3) is 0 Å². The third kappa shape index (κ3) is 3.80. The molecule has 0 saturated heterocycles. The second-order valence-corrected chi connectivity index (χ2v) is 6.08. The van der Waals surface area contributed by atoms with Gasteiger partial charge in [0.15, 0.2) is 0 Å². The highest BCUT2D eigenvalue weighted by atomic mass is 79.9. The van der Waals surface area contributed by atoms with Crippen LogP contribution in [0.15, 0.2) is 34.4 Å². The number of nitrogens with zero attached hydrogens (tertiary/aromatic N) is 1. The molecule has 0 radical (unpaired) electrons. The van der Waals surface area contributed by atoms with E-state index >= 15 is 0 Å². The second kappa shape index (κ2) is 7.40. The van der Waals surface area contributed by atoms with Crippen LogP contribution >= 0.6 is 27.3 Å². The van der Waals surface area contributed by atoms with Gasteiger partial charge in [0, 0.05) is 28.3 Å². The third-order valence-corrected chi connectivity index (χ3v) is 4.66. The number of hydrogen-bond donors (Lipinski definition) is 2. The van der Waals surface area contributed by atoms with Crippen LogP contribution < -0.4 is 10.6 Å². The monoisotopic (exact) mass is 353 g/mol. The summed E-state index contributed by atoms with van der Waals surface area (Å²) in [6.45, 7) is 3.43. The number of rotatable bonds is 6. The Bertz CT molecular complexity index is 585. The number of pyridine rings is 1. The van der Waals surface area contributed by atoms with Gasteiger partial charge in [0.2, 0.25) is 0 Å². The van der Waals surface area contributed by atoms with E-state index in [1.807, 2.05) is 17.5 Å². The zero-order valence-corrected chi connectivity index (χ0v) is 13.6. The van der Waals surface area contributed by atoms with Crippen molar-refractivity contribution in [3.63, 3.8) is 0 Å². The van der Waals surface area contributed by atoms with Gasteiger partial charge >= 0.3 is 0 Å². The van der Waals surface area contributed by atoms with E-state index in [0.29, 0.717) is 12.1 Å². The van der Waals surface area contributed by atoms with Gasteiger partial charge in [-0.25, -0.2) is 0 Å². The summed E-state index contributed by atoms with van der Waals surface area (Å²) < 4.78 is 1.03. The van der Waals surface area contributed by atoms with Crippen LogP contribution in [0.5, 0.6) is 0 Å². The summed E-state index contributed by atoms with van der Waals surface area (Å²) >= 11 is 5.07. The van der Waals surface area contributed by atoms with E-state index in [9.17, 15) is 4.79 Å². The second-order valence-electron chi connectivity index (χ2n) is 4.22. The molecule has 1 amide bonds. The summed E-state index contributed by atoms with van der Waals surface area (Å²) in [6.07, 6.45) is 4.28. The summed E-state index contributed by atoms with van der Waals surface area (Å²) in [7, 11) is 0. The van der Waals surface area contributed by atoms with E-state index in [-0.39, 0.29) is 5.91 Å². The Labute approximate surface area is 130 Å². The fourth-order valence-corrected chi connectivity index (χ4v) is 3.13. The van der Waals surface area contributed by atoms with Gasteiger partial charge in [-0.3, -0.25) is 9.78 Å². The van der Waals surface area contributed by atoms with Gasteiger partial charge in [-0.05, 0) is 39.9 Å². The molecular formula is C14H16BrN3OS. The molecule has 20 heavy (non-hydrogen) atoms. The highest BCUT2D eigenvalue weighted by Crippen LogP contribution is 2.22. The van der Waals surface area contributed by atoms with E-state index in [0.717, 1.165) is 28.0 Å². The first kappa shape index (κ1) is 15.0. The van der Waals surface area contributed by atoms with Gasteiger partial charge in [0.1, 0.15) is 0 Å². The van der Waals surface area contributed by atoms with Crippen molar-refractivity contribution in [2.24, 2.45) is 0 Å². The van der Waals surface area contributed by atoms with E-state index < -0.39 is 0 Å². The lowest BCUT2D eigenvalue weighted by molar-refractivity contribution is 0.0951. The van der Waals surface area contributed by atoms with Crippen molar-refractivity contribution in [3.8, 4) is 0 Å². The maximum atomic E-state index is 12.2. The van der Waals surface area contributed by atoms with Gasteiger partial charge in [0.05, 0.1) is 17.8 Å². The molecule has 0 aliphatic heterocycles. The molecule has 106 valence electrons. The van der Waals surface area contributed by atoms with Crippen molar-refractivity contribution < 1.29 is 4.79 Å². The SMILES string of the molecule is CCCNc1ccncc1C(=O)NCc1sccc1Br. The summed E-state index contributed by atoms with van der Waals surface area (Å²) in [6, 6.07) is 3.80. The number of nitrogens with one attached hydrogen (secondary N) is 2. The molecule has 0 unspecified atom stereocenters. The normalized spacial score (nSPS) is 10.3. The number of thiophene rings is 1. The maximum absolute atomic E-state index is 12.2. The highest BCUT2D eigenvalue weighted by molar-refractivity contribution is 9.10. The number of anilines is 1. The van der Waals surface area contributed by atoms with Crippen LogP contribution in [0.4, 0.5) is 5.69 Å². The first-order valence-corrected chi connectivity index (χ1v) is 8.07. The van der Waals surface area contributed by atoms with Crippen LogP contribution in [0.1, 0.15) is 28.6 Å². The molecule has 6 heteroatoms. The van der Waals surface area contributed by atoms with E-state index in [4.69, 9.17) is 0 Å². The molecule has 0 aliphatic carbocycles. The van der Waals surface area contributed by atoms with Crippen molar-refractivity contribution in [2.75, 3.05) is 11.9 Å².